The molecule has 1 aromatic carbocycles. The van der Waals surface area contributed by atoms with Gasteiger partial charge in [-0.05, 0) is 5.56 Å². The third-order valence-electron chi connectivity index (χ3n) is 1.77. The molecule has 0 heterocycles. The third-order valence-corrected chi connectivity index (χ3v) is 1.77. The molecule has 0 radical (unpaired) electrons. The van der Waals surface area contributed by atoms with E-state index in [1.807, 2.05) is 6.07 Å². The van der Waals surface area contributed by atoms with Crippen LogP contribution in [0.1, 0.15) is 11.1 Å². The number of rotatable bonds is 3. The summed E-state index contributed by atoms with van der Waals surface area (Å²) in [6.45, 7) is -4.77. The first-order valence-corrected chi connectivity index (χ1v) is 4.17. The number of benzene rings is 1. The molecule has 0 unspecified atom stereocenters. The Morgan fingerprint density at radius 2 is 1.57 bits per heavy atom. The van der Waals surface area contributed by atoms with Gasteiger partial charge in [0.05, 0.1) is 12.5 Å². The number of nitrogens with zero attached hydrogens (tertiary/aromatic N) is 1. The van der Waals surface area contributed by atoms with Crippen molar-refractivity contribution in [3.63, 3.8) is 0 Å². The fraction of sp³-hybridized carbons (Fsp3) is 0.222. The average molecular weight is 198 g/mol. The van der Waals surface area contributed by atoms with Crippen LogP contribution >= 0.6 is 0 Å². The summed E-state index contributed by atoms with van der Waals surface area (Å²) in [6.07, 6.45) is -0.621. The van der Waals surface area contributed by atoms with Crippen molar-refractivity contribution in [1.82, 2.24) is 0 Å². The van der Waals surface area contributed by atoms with Gasteiger partial charge in [-0.3, -0.25) is 0 Å². The molecule has 0 aliphatic heterocycles. The first-order valence-electron chi connectivity index (χ1n) is 4.17. The highest BCUT2D eigenvalue weighted by Gasteiger charge is 2.22. The molecule has 0 saturated carbocycles. The van der Waals surface area contributed by atoms with E-state index in [-0.39, 0.29) is 12.0 Å². The van der Waals surface area contributed by atoms with Crippen molar-refractivity contribution in [2.75, 3.05) is 0 Å². The Morgan fingerprint density at radius 1 is 1.07 bits per heavy atom. The highest BCUT2D eigenvalue weighted by Crippen LogP contribution is 2.16. The second-order valence-corrected chi connectivity index (χ2v) is 3.07. The highest BCUT2D eigenvalue weighted by molar-refractivity contribution is 6.57. The Labute approximate surface area is 80.2 Å². The molecule has 1 rings (SSSR count). The maximum Gasteiger partial charge on any atom is 0.482 e. The van der Waals surface area contributed by atoms with Crippen molar-refractivity contribution in [3.8, 4) is 6.07 Å². The van der Waals surface area contributed by atoms with Crippen molar-refractivity contribution in [1.29, 1.82) is 5.26 Å². The van der Waals surface area contributed by atoms with Gasteiger partial charge in [0, 0.05) is 0 Å². The molecule has 0 aliphatic rings. The zero-order valence-electron chi connectivity index (χ0n) is 7.38. The largest absolute Gasteiger partial charge is 0.482 e. The van der Waals surface area contributed by atoms with E-state index >= 15 is 0 Å². The fourth-order valence-corrected chi connectivity index (χ4v) is 1.15. The second kappa shape index (κ2) is 4.18. The molecule has 1 nitrogen and oxygen atoms in total. The minimum absolute atomic E-state index is 0.234. The Morgan fingerprint density at radius 3 is 2.00 bits per heavy atom. The summed E-state index contributed by atoms with van der Waals surface area (Å²) in [5.74, 6) is 0. The van der Waals surface area contributed by atoms with Gasteiger partial charge < -0.3 is 12.9 Å². The Balaban J connectivity index is 2.70. The van der Waals surface area contributed by atoms with Crippen LogP contribution in [-0.4, -0.2) is 6.98 Å². The van der Waals surface area contributed by atoms with Crippen molar-refractivity contribution >= 4 is 6.98 Å². The van der Waals surface area contributed by atoms with Gasteiger partial charge in [0.2, 0.25) is 0 Å². The van der Waals surface area contributed by atoms with Crippen LogP contribution in [0.2, 0.25) is 0 Å². The predicted octanol–water partition coefficient (Wildman–Crippen LogP) is 2.68. The van der Waals surface area contributed by atoms with Crippen molar-refractivity contribution in [3.05, 3.63) is 35.4 Å². The number of nitriles is 1. The summed E-state index contributed by atoms with van der Waals surface area (Å²) in [5, 5.41) is 8.35. The average Bonchev–Trinajstić information content (AvgIpc) is 2.06. The zero-order valence-corrected chi connectivity index (χ0v) is 7.38. The normalized spacial score (nSPS) is 11.0. The molecule has 0 amide bonds. The summed E-state index contributed by atoms with van der Waals surface area (Å²) in [6, 6.07) is 7.88. The topological polar surface area (TPSA) is 23.8 Å². The van der Waals surface area contributed by atoms with Gasteiger partial charge in [0.1, 0.15) is 0 Å². The van der Waals surface area contributed by atoms with Gasteiger partial charge in [-0.25, -0.2) is 0 Å². The molecule has 0 N–H and O–H groups in total. The molecular formula is C9H8BF3N-. The molecule has 0 atom stereocenters. The van der Waals surface area contributed by atoms with Crippen molar-refractivity contribution < 1.29 is 12.9 Å². The zero-order chi connectivity index (χ0) is 10.6. The summed E-state index contributed by atoms with van der Waals surface area (Å²) in [4.78, 5) is 0. The quantitative estimate of drug-likeness (QED) is 0.684. The van der Waals surface area contributed by atoms with E-state index in [1.165, 1.54) is 12.1 Å². The summed E-state index contributed by atoms with van der Waals surface area (Å²) in [5.41, 5.74) is 0.991. The van der Waals surface area contributed by atoms with E-state index in [4.69, 9.17) is 5.26 Å². The molecule has 0 aromatic heterocycles. The molecule has 1 aromatic rings. The van der Waals surface area contributed by atoms with E-state index in [1.54, 1.807) is 12.1 Å². The molecule has 5 heteroatoms. The van der Waals surface area contributed by atoms with Crippen LogP contribution in [0, 0.1) is 11.3 Å². The van der Waals surface area contributed by atoms with Gasteiger partial charge in [-0.2, -0.15) is 5.26 Å². The van der Waals surface area contributed by atoms with Crippen LogP contribution in [0.25, 0.3) is 0 Å². The molecule has 0 aliphatic carbocycles. The number of halogens is 3. The molecule has 0 saturated heterocycles. The van der Waals surface area contributed by atoms with Crippen LogP contribution in [-0.2, 0) is 12.7 Å². The lowest BCUT2D eigenvalue weighted by Gasteiger charge is -2.13. The van der Waals surface area contributed by atoms with Gasteiger partial charge >= 0.3 is 6.98 Å². The highest BCUT2D eigenvalue weighted by atomic mass is 19.4. The number of hydrogen-bond acceptors (Lipinski definition) is 1. The van der Waals surface area contributed by atoms with Gasteiger partial charge in [0.25, 0.3) is 0 Å². The minimum Gasteiger partial charge on any atom is -0.449 e. The Bertz CT molecular complexity index is 337. The Hall–Kier alpha value is -1.44. The van der Waals surface area contributed by atoms with Crippen LogP contribution in [0.4, 0.5) is 12.9 Å². The van der Waals surface area contributed by atoms with Crippen LogP contribution in [0.5, 0.6) is 0 Å². The van der Waals surface area contributed by atoms with Gasteiger partial charge in [-0.15, -0.1) is 0 Å². The van der Waals surface area contributed by atoms with Crippen LogP contribution in [0.15, 0.2) is 24.3 Å². The summed E-state index contributed by atoms with van der Waals surface area (Å²) >= 11 is 0. The SMILES string of the molecule is N#CCc1ccc(C[B-](F)(F)F)cc1. The van der Waals surface area contributed by atoms with E-state index < -0.39 is 13.3 Å². The van der Waals surface area contributed by atoms with Crippen LogP contribution in [0.3, 0.4) is 0 Å². The monoisotopic (exact) mass is 198 g/mol. The predicted molar refractivity (Wildman–Crippen MR) is 48.5 cm³/mol. The lowest BCUT2D eigenvalue weighted by Crippen LogP contribution is -2.19. The van der Waals surface area contributed by atoms with E-state index in [9.17, 15) is 12.9 Å². The van der Waals surface area contributed by atoms with Crippen LogP contribution < -0.4 is 0 Å². The van der Waals surface area contributed by atoms with E-state index in [0.29, 0.717) is 0 Å². The lowest BCUT2D eigenvalue weighted by molar-refractivity contribution is 0.468. The maximum atomic E-state index is 12.0. The first kappa shape index (κ1) is 10.6. The lowest BCUT2D eigenvalue weighted by atomic mass is 9.82. The molecule has 0 spiro atoms. The Kier molecular flexibility index (Phi) is 3.18. The second-order valence-electron chi connectivity index (χ2n) is 3.07. The maximum absolute atomic E-state index is 12.0. The minimum atomic E-state index is -4.77. The van der Waals surface area contributed by atoms with Gasteiger partial charge in [-0.1, -0.05) is 36.1 Å². The molecule has 0 fully saturated rings. The molecule has 0 bridgehead atoms. The molecule has 14 heavy (non-hydrogen) atoms. The van der Waals surface area contributed by atoms with Crippen molar-refractivity contribution in [2.24, 2.45) is 0 Å². The van der Waals surface area contributed by atoms with Gasteiger partial charge in [0.15, 0.2) is 0 Å². The standard InChI is InChI=1S/C9H8BF3N/c11-10(12,13)7-9-3-1-8(2-4-9)5-6-14/h1-4H,5,7H2/q-1. The van der Waals surface area contributed by atoms with Crippen molar-refractivity contribution in [2.45, 2.75) is 12.7 Å². The smallest absolute Gasteiger partial charge is 0.449 e. The van der Waals surface area contributed by atoms with E-state index in [0.717, 1.165) is 5.56 Å². The van der Waals surface area contributed by atoms with E-state index in [2.05, 4.69) is 0 Å². The summed E-state index contributed by atoms with van der Waals surface area (Å²) in [7, 11) is 0. The fourth-order valence-electron chi connectivity index (χ4n) is 1.15. The molecular weight excluding hydrogens is 190 g/mol. The third kappa shape index (κ3) is 3.52. The first-order chi connectivity index (χ1) is 6.51. The molecule has 74 valence electrons. The number of hydrogen-bond donors (Lipinski definition) is 0. The summed E-state index contributed by atoms with van der Waals surface area (Å²) < 4.78 is 36.0.